The van der Waals surface area contributed by atoms with Gasteiger partial charge in [0.15, 0.2) is 0 Å². The number of ketones is 1. The van der Waals surface area contributed by atoms with Gasteiger partial charge in [0, 0.05) is 17.4 Å². The Balaban J connectivity index is 1.47. The number of nitrogens with one attached hydrogen (secondary N) is 2. The van der Waals surface area contributed by atoms with Gasteiger partial charge >= 0.3 is 0 Å². The second-order valence-corrected chi connectivity index (χ2v) is 13.3. The molecule has 1 aromatic carbocycles. The minimum Gasteiger partial charge on any atom is -0.299 e. The summed E-state index contributed by atoms with van der Waals surface area (Å²) < 4.78 is 29.0. The van der Waals surface area contributed by atoms with E-state index in [0.29, 0.717) is 23.0 Å². The van der Waals surface area contributed by atoms with Crippen LogP contribution in [0.1, 0.15) is 52.5 Å². The number of fused-ring (bicyclic) bond motifs is 2. The van der Waals surface area contributed by atoms with E-state index < -0.39 is 27.4 Å². The molecule has 2 N–H and O–H groups in total. The highest BCUT2D eigenvalue weighted by atomic mass is 32.2. The standard InChI is InChI=1S/C24H32N4O4S2/c1-14(2)19(20(30)25-22-27-26-21(33-22)16-8-6-15(3)7-9-16)28-34(31,32)13-24-11-10-17(12-18(24)29)23(24,4)5/h6-9,14,17,19,28H,10-13H2,1-5H3,(H,25,27,30). The summed E-state index contributed by atoms with van der Waals surface area (Å²) in [5.41, 5.74) is 0.767. The van der Waals surface area contributed by atoms with Gasteiger partial charge in [-0.1, -0.05) is 68.9 Å². The summed E-state index contributed by atoms with van der Waals surface area (Å²) in [5.74, 6) is -0.832. The highest BCUT2D eigenvalue weighted by molar-refractivity contribution is 7.89. The first-order valence-corrected chi connectivity index (χ1v) is 14.1. The molecule has 34 heavy (non-hydrogen) atoms. The fourth-order valence-electron chi connectivity index (χ4n) is 5.43. The lowest BCUT2D eigenvalue weighted by molar-refractivity contribution is -0.128. The Morgan fingerprint density at radius 3 is 2.44 bits per heavy atom. The van der Waals surface area contributed by atoms with Crippen molar-refractivity contribution in [1.29, 1.82) is 0 Å². The molecule has 184 valence electrons. The monoisotopic (exact) mass is 504 g/mol. The fraction of sp³-hybridized carbons (Fsp3) is 0.583. The smallest absolute Gasteiger partial charge is 0.244 e. The number of rotatable bonds is 8. The third kappa shape index (κ3) is 4.43. The van der Waals surface area contributed by atoms with Crippen LogP contribution in [-0.4, -0.2) is 42.1 Å². The predicted molar refractivity (Wildman–Crippen MR) is 133 cm³/mol. The van der Waals surface area contributed by atoms with Crippen molar-refractivity contribution in [2.75, 3.05) is 11.1 Å². The maximum Gasteiger partial charge on any atom is 0.244 e. The molecule has 2 saturated carbocycles. The van der Waals surface area contributed by atoms with Crippen molar-refractivity contribution in [2.24, 2.45) is 22.7 Å². The number of carbonyl (C=O) groups excluding carboxylic acids is 2. The van der Waals surface area contributed by atoms with Crippen LogP contribution in [0.2, 0.25) is 0 Å². The molecular weight excluding hydrogens is 472 g/mol. The molecule has 2 aliphatic rings. The molecule has 0 saturated heterocycles. The minimum absolute atomic E-state index is 0.0298. The van der Waals surface area contributed by atoms with E-state index in [1.54, 1.807) is 13.8 Å². The Kier molecular flexibility index (Phi) is 6.46. The number of benzene rings is 1. The molecule has 8 nitrogen and oxygen atoms in total. The van der Waals surface area contributed by atoms with Gasteiger partial charge in [0.2, 0.25) is 21.1 Å². The molecule has 1 amide bonds. The number of amides is 1. The molecule has 3 unspecified atom stereocenters. The van der Waals surface area contributed by atoms with Crippen LogP contribution in [0.15, 0.2) is 24.3 Å². The van der Waals surface area contributed by atoms with Crippen molar-refractivity contribution in [3.63, 3.8) is 0 Å². The van der Waals surface area contributed by atoms with E-state index in [1.807, 2.05) is 45.0 Å². The van der Waals surface area contributed by atoms with Crippen LogP contribution in [0, 0.1) is 29.6 Å². The topological polar surface area (TPSA) is 118 Å². The first-order chi connectivity index (χ1) is 15.8. The molecule has 2 bridgehead atoms. The van der Waals surface area contributed by atoms with E-state index in [4.69, 9.17) is 0 Å². The lowest BCUT2D eigenvalue weighted by Gasteiger charge is -2.36. The van der Waals surface area contributed by atoms with E-state index in [-0.39, 0.29) is 28.8 Å². The van der Waals surface area contributed by atoms with Gasteiger partial charge < -0.3 is 0 Å². The van der Waals surface area contributed by atoms with Gasteiger partial charge in [-0.3, -0.25) is 14.9 Å². The zero-order chi connectivity index (χ0) is 24.9. The molecule has 0 spiro atoms. The largest absolute Gasteiger partial charge is 0.299 e. The number of hydrogen-bond donors (Lipinski definition) is 2. The highest BCUT2D eigenvalue weighted by Crippen LogP contribution is 2.64. The molecular formula is C24H32N4O4S2. The molecule has 2 fully saturated rings. The third-order valence-electron chi connectivity index (χ3n) is 7.78. The number of sulfonamides is 1. The lowest BCUT2D eigenvalue weighted by Crippen LogP contribution is -2.51. The Bertz CT molecular complexity index is 1200. The van der Waals surface area contributed by atoms with Crippen molar-refractivity contribution in [3.05, 3.63) is 29.8 Å². The van der Waals surface area contributed by atoms with E-state index in [9.17, 15) is 18.0 Å². The summed E-state index contributed by atoms with van der Waals surface area (Å²) in [6.07, 6.45) is 1.88. The number of anilines is 1. The molecule has 2 aromatic rings. The molecule has 4 rings (SSSR count). The summed E-state index contributed by atoms with van der Waals surface area (Å²) in [6, 6.07) is 6.82. The Morgan fingerprint density at radius 1 is 1.21 bits per heavy atom. The summed E-state index contributed by atoms with van der Waals surface area (Å²) in [4.78, 5) is 25.8. The van der Waals surface area contributed by atoms with Gasteiger partial charge in [0.05, 0.1) is 5.75 Å². The van der Waals surface area contributed by atoms with Crippen molar-refractivity contribution in [1.82, 2.24) is 14.9 Å². The Labute approximate surface area is 205 Å². The first-order valence-electron chi connectivity index (χ1n) is 11.6. The molecule has 1 aromatic heterocycles. The molecule has 1 heterocycles. The zero-order valence-corrected chi connectivity index (χ0v) is 21.8. The number of nitrogens with zero attached hydrogens (tertiary/aromatic N) is 2. The molecule has 10 heteroatoms. The number of Topliss-reactive ketones (excluding diaryl/α,β-unsaturated/α-hetero) is 1. The van der Waals surface area contributed by atoms with Gasteiger partial charge in [-0.2, -0.15) is 0 Å². The fourth-order valence-corrected chi connectivity index (χ4v) is 8.36. The summed E-state index contributed by atoms with van der Waals surface area (Å²) in [6.45, 7) is 9.55. The molecule has 2 aliphatic carbocycles. The van der Waals surface area contributed by atoms with Crippen molar-refractivity contribution in [2.45, 2.75) is 59.9 Å². The number of aryl methyl sites for hydroxylation is 1. The number of aromatic nitrogens is 2. The van der Waals surface area contributed by atoms with E-state index >= 15 is 0 Å². The van der Waals surface area contributed by atoms with Gasteiger partial charge in [-0.25, -0.2) is 13.1 Å². The van der Waals surface area contributed by atoms with Crippen LogP contribution in [-0.2, 0) is 19.6 Å². The SMILES string of the molecule is Cc1ccc(-c2nnc(NC(=O)C(NS(=O)(=O)CC34CCC(CC3=O)C4(C)C)C(C)C)s2)cc1. The van der Waals surface area contributed by atoms with Gasteiger partial charge in [-0.05, 0) is 37.0 Å². The maximum absolute atomic E-state index is 13.2. The van der Waals surface area contributed by atoms with Gasteiger partial charge in [0.1, 0.15) is 16.8 Å². The van der Waals surface area contributed by atoms with Crippen molar-refractivity contribution < 1.29 is 18.0 Å². The van der Waals surface area contributed by atoms with Crippen LogP contribution < -0.4 is 10.0 Å². The first kappa shape index (κ1) is 24.9. The van der Waals surface area contributed by atoms with Gasteiger partial charge in [0.25, 0.3) is 0 Å². The molecule has 0 radical (unpaired) electrons. The second kappa shape index (κ2) is 8.80. The van der Waals surface area contributed by atoms with Crippen LogP contribution in [0.25, 0.3) is 10.6 Å². The molecule has 0 aliphatic heterocycles. The normalized spacial score (nSPS) is 24.5. The lowest BCUT2D eigenvalue weighted by atomic mass is 9.70. The van der Waals surface area contributed by atoms with Crippen LogP contribution >= 0.6 is 11.3 Å². The van der Waals surface area contributed by atoms with Crippen LogP contribution in [0.4, 0.5) is 5.13 Å². The average Bonchev–Trinajstić information content (AvgIpc) is 3.35. The average molecular weight is 505 g/mol. The van der Waals surface area contributed by atoms with E-state index in [2.05, 4.69) is 20.2 Å². The van der Waals surface area contributed by atoms with Crippen LogP contribution in [0.5, 0.6) is 0 Å². The van der Waals surface area contributed by atoms with Gasteiger partial charge in [-0.15, -0.1) is 10.2 Å². The quantitative estimate of drug-likeness (QED) is 0.565. The Morgan fingerprint density at radius 2 is 1.88 bits per heavy atom. The maximum atomic E-state index is 13.2. The van der Waals surface area contributed by atoms with E-state index in [1.165, 1.54) is 11.3 Å². The van der Waals surface area contributed by atoms with Crippen LogP contribution in [0.3, 0.4) is 0 Å². The van der Waals surface area contributed by atoms with Crippen molar-refractivity contribution >= 4 is 38.2 Å². The zero-order valence-electron chi connectivity index (χ0n) is 20.2. The van der Waals surface area contributed by atoms with Crippen molar-refractivity contribution in [3.8, 4) is 10.6 Å². The summed E-state index contributed by atoms with van der Waals surface area (Å²) in [7, 11) is -3.90. The Hall–Kier alpha value is -2.17. The third-order valence-corrected chi connectivity index (χ3v) is 10.2. The minimum atomic E-state index is -3.90. The summed E-state index contributed by atoms with van der Waals surface area (Å²) in [5, 5.41) is 11.9. The second-order valence-electron chi connectivity index (χ2n) is 10.5. The van der Waals surface area contributed by atoms with E-state index in [0.717, 1.165) is 17.5 Å². The summed E-state index contributed by atoms with van der Waals surface area (Å²) >= 11 is 1.23. The number of hydrogen-bond acceptors (Lipinski definition) is 7. The predicted octanol–water partition coefficient (Wildman–Crippen LogP) is 3.79. The highest BCUT2D eigenvalue weighted by Gasteiger charge is 2.65. The molecule has 3 atom stereocenters. The number of carbonyl (C=O) groups is 2.